The van der Waals surface area contributed by atoms with Crippen LogP contribution in [0.25, 0.3) is 5.65 Å². The van der Waals surface area contributed by atoms with E-state index < -0.39 is 0 Å². The number of anilines is 1. The molecule has 2 rings (SSSR count). The number of ether oxygens (including phenoxy) is 1. The summed E-state index contributed by atoms with van der Waals surface area (Å²) in [5, 5.41) is 7.49. The van der Waals surface area contributed by atoms with E-state index >= 15 is 0 Å². The summed E-state index contributed by atoms with van der Waals surface area (Å²) in [6, 6.07) is 4.02. The largest absolute Gasteiger partial charge is 0.378 e. The van der Waals surface area contributed by atoms with Gasteiger partial charge in [-0.3, -0.25) is 0 Å². The average molecular weight is 263 g/mol. The predicted octanol–water partition coefficient (Wildman–Crippen LogP) is 1.03. The molecule has 0 aromatic carbocycles. The van der Waals surface area contributed by atoms with Gasteiger partial charge in [-0.15, -0.1) is 5.10 Å². The molecule has 2 aromatic rings. The van der Waals surface area contributed by atoms with Crippen molar-refractivity contribution in [3.63, 3.8) is 0 Å². The number of fused-ring (bicyclic) bond motifs is 1. The molecule has 0 saturated heterocycles. The van der Waals surface area contributed by atoms with Gasteiger partial charge in [0.15, 0.2) is 5.65 Å². The van der Waals surface area contributed by atoms with Crippen LogP contribution in [0.5, 0.6) is 0 Å². The number of rotatable bonds is 7. The van der Waals surface area contributed by atoms with E-state index in [1.807, 2.05) is 39.3 Å². The van der Waals surface area contributed by atoms with Crippen LogP contribution in [0.4, 0.5) is 5.95 Å². The van der Waals surface area contributed by atoms with Crippen molar-refractivity contribution in [2.24, 2.45) is 0 Å². The second-order valence-corrected chi connectivity index (χ2v) is 4.78. The van der Waals surface area contributed by atoms with Gasteiger partial charge in [0.2, 0.25) is 5.95 Å². The van der Waals surface area contributed by atoms with Gasteiger partial charge in [0.05, 0.1) is 13.2 Å². The molecule has 0 aliphatic heterocycles. The standard InChI is InChI=1S/C13H21N5O/c1-11-4-6-18-12(10-11)15-13(16-18)14-5-8-19-9-7-17(2)3/h4,6,10H,5,7-9H2,1-3H3,(H,14,16). The summed E-state index contributed by atoms with van der Waals surface area (Å²) in [6.45, 7) is 5.09. The molecular weight excluding hydrogens is 242 g/mol. The Morgan fingerprint density at radius 2 is 2.21 bits per heavy atom. The van der Waals surface area contributed by atoms with Crippen LogP contribution < -0.4 is 5.32 Å². The Labute approximate surface area is 113 Å². The van der Waals surface area contributed by atoms with Crippen LogP contribution in [0.3, 0.4) is 0 Å². The van der Waals surface area contributed by atoms with E-state index in [1.165, 1.54) is 5.56 Å². The van der Waals surface area contributed by atoms with Crippen LogP contribution >= 0.6 is 0 Å². The van der Waals surface area contributed by atoms with Crippen LogP contribution in [0.15, 0.2) is 18.3 Å². The van der Waals surface area contributed by atoms with Gasteiger partial charge in [0, 0.05) is 19.3 Å². The fraction of sp³-hybridized carbons (Fsp3) is 0.538. The summed E-state index contributed by atoms with van der Waals surface area (Å²) < 4.78 is 7.26. The second kappa shape index (κ2) is 6.49. The number of aryl methyl sites for hydroxylation is 1. The van der Waals surface area contributed by atoms with Gasteiger partial charge in [-0.1, -0.05) is 0 Å². The SMILES string of the molecule is Cc1ccn2nc(NCCOCCN(C)C)nc2c1. The molecule has 0 atom stereocenters. The molecular formula is C13H21N5O. The van der Waals surface area contributed by atoms with Crippen molar-refractivity contribution in [1.29, 1.82) is 0 Å². The van der Waals surface area contributed by atoms with Crippen molar-refractivity contribution in [3.8, 4) is 0 Å². The first-order chi connectivity index (χ1) is 9.15. The molecule has 0 saturated carbocycles. The molecule has 0 aliphatic rings. The lowest BCUT2D eigenvalue weighted by molar-refractivity contribution is 0.126. The highest BCUT2D eigenvalue weighted by molar-refractivity contribution is 5.45. The molecule has 104 valence electrons. The van der Waals surface area contributed by atoms with Gasteiger partial charge >= 0.3 is 0 Å². The second-order valence-electron chi connectivity index (χ2n) is 4.78. The Morgan fingerprint density at radius 1 is 1.37 bits per heavy atom. The molecule has 6 heteroatoms. The molecule has 0 radical (unpaired) electrons. The van der Waals surface area contributed by atoms with E-state index in [0.29, 0.717) is 19.1 Å². The van der Waals surface area contributed by atoms with E-state index in [9.17, 15) is 0 Å². The van der Waals surface area contributed by atoms with E-state index in [-0.39, 0.29) is 0 Å². The van der Waals surface area contributed by atoms with Gasteiger partial charge in [-0.2, -0.15) is 4.98 Å². The zero-order valence-corrected chi connectivity index (χ0v) is 11.8. The number of hydrogen-bond donors (Lipinski definition) is 1. The van der Waals surface area contributed by atoms with Gasteiger partial charge in [-0.05, 0) is 38.7 Å². The monoisotopic (exact) mass is 263 g/mol. The van der Waals surface area contributed by atoms with Crippen LogP contribution in [0, 0.1) is 6.92 Å². The van der Waals surface area contributed by atoms with E-state index in [2.05, 4.69) is 20.3 Å². The molecule has 0 spiro atoms. The van der Waals surface area contributed by atoms with Crippen LogP contribution in [-0.2, 0) is 4.74 Å². The topological polar surface area (TPSA) is 54.7 Å². The van der Waals surface area contributed by atoms with Crippen LogP contribution in [0.1, 0.15) is 5.56 Å². The maximum Gasteiger partial charge on any atom is 0.243 e. The first-order valence-corrected chi connectivity index (χ1v) is 6.44. The highest BCUT2D eigenvalue weighted by Crippen LogP contribution is 2.06. The molecule has 0 fully saturated rings. The Balaban J connectivity index is 1.75. The van der Waals surface area contributed by atoms with Gasteiger partial charge in [0.25, 0.3) is 0 Å². The predicted molar refractivity (Wildman–Crippen MR) is 75.6 cm³/mol. The fourth-order valence-electron chi connectivity index (χ4n) is 1.64. The Kier molecular flexibility index (Phi) is 4.70. The van der Waals surface area contributed by atoms with Crippen molar-refractivity contribution in [2.45, 2.75) is 6.92 Å². The number of aromatic nitrogens is 3. The zero-order chi connectivity index (χ0) is 13.7. The van der Waals surface area contributed by atoms with Crippen molar-refractivity contribution < 1.29 is 4.74 Å². The quantitative estimate of drug-likeness (QED) is 0.756. The summed E-state index contributed by atoms with van der Waals surface area (Å²) in [7, 11) is 4.06. The number of pyridine rings is 1. The maximum atomic E-state index is 5.49. The molecule has 1 N–H and O–H groups in total. The summed E-state index contributed by atoms with van der Waals surface area (Å²) in [4.78, 5) is 6.49. The van der Waals surface area contributed by atoms with E-state index in [0.717, 1.165) is 18.8 Å². The van der Waals surface area contributed by atoms with Gasteiger partial charge < -0.3 is 15.0 Å². The smallest absolute Gasteiger partial charge is 0.243 e. The summed E-state index contributed by atoms with van der Waals surface area (Å²) in [5.74, 6) is 0.641. The Bertz CT molecular complexity index is 523. The minimum absolute atomic E-state index is 0.641. The number of hydrogen-bond acceptors (Lipinski definition) is 5. The fourth-order valence-corrected chi connectivity index (χ4v) is 1.64. The van der Waals surface area contributed by atoms with E-state index in [1.54, 1.807) is 4.52 Å². The molecule has 19 heavy (non-hydrogen) atoms. The normalized spacial score (nSPS) is 11.4. The minimum Gasteiger partial charge on any atom is -0.378 e. The Morgan fingerprint density at radius 3 is 3.00 bits per heavy atom. The lowest BCUT2D eigenvalue weighted by atomic mass is 10.3. The molecule has 0 amide bonds. The highest BCUT2D eigenvalue weighted by Gasteiger charge is 2.02. The average Bonchev–Trinajstić information content (AvgIpc) is 2.75. The summed E-state index contributed by atoms with van der Waals surface area (Å²) in [6.07, 6.45) is 1.91. The minimum atomic E-state index is 0.641. The van der Waals surface area contributed by atoms with Crippen molar-refractivity contribution in [3.05, 3.63) is 23.9 Å². The zero-order valence-electron chi connectivity index (χ0n) is 11.8. The first-order valence-electron chi connectivity index (χ1n) is 6.44. The number of nitrogens with one attached hydrogen (secondary N) is 1. The molecule has 2 aromatic heterocycles. The lowest BCUT2D eigenvalue weighted by Gasteiger charge is -2.09. The first kappa shape index (κ1) is 13.8. The van der Waals surface area contributed by atoms with Gasteiger partial charge in [0.1, 0.15) is 0 Å². The molecule has 0 aliphatic carbocycles. The molecule has 6 nitrogen and oxygen atoms in total. The van der Waals surface area contributed by atoms with Gasteiger partial charge in [-0.25, -0.2) is 4.52 Å². The van der Waals surface area contributed by atoms with Crippen molar-refractivity contribution in [2.75, 3.05) is 45.7 Å². The van der Waals surface area contributed by atoms with Crippen LogP contribution in [0.2, 0.25) is 0 Å². The molecule has 0 unspecified atom stereocenters. The van der Waals surface area contributed by atoms with Crippen molar-refractivity contribution in [1.82, 2.24) is 19.5 Å². The van der Waals surface area contributed by atoms with Crippen molar-refractivity contribution >= 4 is 11.6 Å². The third-order valence-electron chi connectivity index (χ3n) is 2.71. The highest BCUT2D eigenvalue weighted by atomic mass is 16.5. The molecule has 2 heterocycles. The summed E-state index contributed by atoms with van der Waals surface area (Å²) >= 11 is 0. The van der Waals surface area contributed by atoms with Crippen LogP contribution in [-0.4, -0.2) is 59.9 Å². The number of likely N-dealkylation sites (N-methyl/N-ethyl adjacent to an activating group) is 1. The third kappa shape index (κ3) is 4.18. The van der Waals surface area contributed by atoms with E-state index in [4.69, 9.17) is 4.74 Å². The maximum absolute atomic E-state index is 5.49. The number of nitrogens with zero attached hydrogens (tertiary/aromatic N) is 4. The lowest BCUT2D eigenvalue weighted by Crippen LogP contribution is -2.20. The summed E-state index contributed by atoms with van der Waals surface area (Å²) in [5.41, 5.74) is 2.04. The Hall–Kier alpha value is -1.66. The third-order valence-corrected chi connectivity index (χ3v) is 2.71. The molecule has 0 bridgehead atoms.